The van der Waals surface area contributed by atoms with Gasteiger partial charge in [-0.1, -0.05) is 66.2 Å². The highest BCUT2D eigenvalue weighted by Gasteiger charge is 2.27. The molecule has 0 unspecified atom stereocenters. The molecule has 0 amide bonds. The predicted octanol–water partition coefficient (Wildman–Crippen LogP) is 6.51. The number of aliphatic hydroxyl groups is 1. The van der Waals surface area contributed by atoms with Gasteiger partial charge in [0.05, 0.1) is 6.20 Å². The summed E-state index contributed by atoms with van der Waals surface area (Å²) in [6.45, 7) is 14.1. The molecule has 6 heteroatoms. The van der Waals surface area contributed by atoms with Gasteiger partial charge in [0.15, 0.2) is 0 Å². The molecular formula is C28H54N2O4. The number of rotatable bonds is 21. The third-order valence-corrected chi connectivity index (χ3v) is 8.59. The normalized spacial score (nSPS) is 12.5. The Labute approximate surface area is 208 Å². The Morgan fingerprint density at radius 2 is 1.29 bits per heavy atom. The van der Waals surface area contributed by atoms with Gasteiger partial charge in [0.1, 0.15) is 0 Å². The Morgan fingerprint density at radius 1 is 0.794 bits per heavy atom. The van der Waals surface area contributed by atoms with Crippen LogP contribution in [0.15, 0.2) is 11.0 Å². The smallest absolute Gasteiger partial charge is 0.331 e. The lowest BCUT2D eigenvalue weighted by molar-refractivity contribution is 0.112. The Morgan fingerprint density at radius 3 is 1.74 bits per heavy atom. The number of nitrogens with zero attached hydrogens (tertiary/aromatic N) is 2. The summed E-state index contributed by atoms with van der Waals surface area (Å²) < 4.78 is 9.01. The highest BCUT2D eigenvalue weighted by atomic mass is 16.5. The van der Waals surface area contributed by atoms with Crippen LogP contribution in [-0.2, 0) is 17.8 Å². The van der Waals surface area contributed by atoms with E-state index in [0.717, 1.165) is 71.0 Å². The topological polar surface area (TPSA) is 76.6 Å². The molecule has 0 aliphatic carbocycles. The van der Waals surface area contributed by atoms with Crippen LogP contribution < -0.4 is 5.69 Å². The van der Waals surface area contributed by atoms with Crippen LogP contribution in [0.4, 0.5) is 0 Å². The van der Waals surface area contributed by atoms with Crippen molar-refractivity contribution >= 4 is 0 Å². The maximum Gasteiger partial charge on any atom is 0.331 e. The van der Waals surface area contributed by atoms with Gasteiger partial charge >= 0.3 is 5.69 Å². The molecule has 2 N–H and O–H groups in total. The van der Waals surface area contributed by atoms with E-state index in [4.69, 9.17) is 4.74 Å². The lowest BCUT2D eigenvalue weighted by atomic mass is 9.74. The van der Waals surface area contributed by atoms with Gasteiger partial charge in [0.2, 0.25) is 5.88 Å². The molecule has 0 radical (unpaired) electrons. The number of hydrogen-bond acceptors (Lipinski definition) is 4. The predicted molar refractivity (Wildman–Crippen MR) is 142 cm³/mol. The Balaban J connectivity index is 2.32. The van der Waals surface area contributed by atoms with Crippen molar-refractivity contribution in [3.8, 4) is 5.88 Å². The zero-order chi connectivity index (χ0) is 25.5. The van der Waals surface area contributed by atoms with Crippen LogP contribution in [0.2, 0.25) is 0 Å². The number of aromatic hydroxyl groups is 1. The van der Waals surface area contributed by atoms with Gasteiger partial charge in [-0.3, -0.25) is 9.13 Å². The third kappa shape index (κ3) is 9.41. The molecule has 0 saturated heterocycles. The van der Waals surface area contributed by atoms with E-state index >= 15 is 0 Å². The highest BCUT2D eigenvalue weighted by Crippen LogP contribution is 2.38. The first-order valence-electron chi connectivity index (χ1n) is 14.0. The molecule has 0 atom stereocenters. The minimum Gasteiger partial charge on any atom is -0.493 e. The molecule has 6 nitrogen and oxygen atoms in total. The Kier molecular flexibility index (Phi) is 14.8. The van der Waals surface area contributed by atoms with Crippen LogP contribution in [0.25, 0.3) is 0 Å². The largest absolute Gasteiger partial charge is 0.493 e. The number of hydrogen-bond donors (Lipinski definition) is 2. The summed E-state index contributed by atoms with van der Waals surface area (Å²) in [6.07, 6.45) is 15.9. The zero-order valence-electron chi connectivity index (χ0n) is 22.9. The van der Waals surface area contributed by atoms with E-state index in [1.54, 1.807) is 10.8 Å². The van der Waals surface area contributed by atoms with Crippen molar-refractivity contribution in [2.24, 2.45) is 10.8 Å². The first-order valence-corrected chi connectivity index (χ1v) is 14.0. The Bertz CT molecular complexity index is 702. The van der Waals surface area contributed by atoms with Crippen LogP contribution in [-0.4, -0.2) is 39.2 Å². The lowest BCUT2D eigenvalue weighted by Gasteiger charge is -2.32. The molecule has 1 rings (SSSR count). The fourth-order valence-corrected chi connectivity index (χ4v) is 5.43. The molecule has 0 aromatic carbocycles. The van der Waals surface area contributed by atoms with Crippen LogP contribution in [0, 0.1) is 10.8 Å². The minimum absolute atomic E-state index is 0.0740. The summed E-state index contributed by atoms with van der Waals surface area (Å²) in [6, 6.07) is 0. The maximum atomic E-state index is 12.4. The van der Waals surface area contributed by atoms with Gasteiger partial charge < -0.3 is 14.9 Å². The number of imidazole rings is 1. The van der Waals surface area contributed by atoms with Crippen molar-refractivity contribution in [1.29, 1.82) is 0 Å². The number of aliphatic hydroxyl groups excluding tert-OH is 1. The molecule has 1 aromatic heterocycles. The molecule has 1 aromatic rings. The summed E-state index contributed by atoms with van der Waals surface area (Å²) in [5.41, 5.74) is 0.490. The maximum absolute atomic E-state index is 12.4. The average Bonchev–Trinajstić information content (AvgIpc) is 3.14. The summed E-state index contributed by atoms with van der Waals surface area (Å²) in [4.78, 5) is 12.4. The SMILES string of the molecule is CCn1cc(O)n(CCC(CC)(CC)CCCCOCCCCC(CC)(CC)CCCO)c1=O. The molecule has 0 bridgehead atoms. The standard InChI is InChI=1S/C28H54N2O4/c1-6-27(7-2,18-15-21-31)16-11-13-22-34-23-14-12-17-28(8-3,9-4)19-20-30-25(32)24-29(10-5)26(30)33/h24,31-32H,6-23H2,1-5H3. The van der Waals surface area contributed by atoms with Crippen LogP contribution in [0.1, 0.15) is 118 Å². The second-order valence-electron chi connectivity index (χ2n) is 10.2. The van der Waals surface area contributed by atoms with E-state index in [0.29, 0.717) is 25.1 Å². The second-order valence-corrected chi connectivity index (χ2v) is 10.2. The monoisotopic (exact) mass is 482 g/mol. The van der Waals surface area contributed by atoms with Gasteiger partial charge in [0.25, 0.3) is 0 Å². The van der Waals surface area contributed by atoms with Crippen LogP contribution in [0.3, 0.4) is 0 Å². The minimum atomic E-state index is -0.113. The average molecular weight is 483 g/mol. The Hall–Kier alpha value is -1.27. The number of unbranched alkanes of at least 4 members (excludes halogenated alkanes) is 2. The quantitative estimate of drug-likeness (QED) is 0.196. The first kappa shape index (κ1) is 30.8. The molecule has 0 fully saturated rings. The second kappa shape index (κ2) is 16.4. The fraction of sp³-hybridized carbons (Fsp3) is 0.893. The van der Waals surface area contributed by atoms with E-state index in [2.05, 4.69) is 27.7 Å². The third-order valence-electron chi connectivity index (χ3n) is 8.59. The van der Waals surface area contributed by atoms with Crippen molar-refractivity contribution < 1.29 is 14.9 Å². The molecule has 0 spiro atoms. The van der Waals surface area contributed by atoms with E-state index < -0.39 is 0 Å². The lowest BCUT2D eigenvalue weighted by Crippen LogP contribution is -2.27. The van der Waals surface area contributed by atoms with Gasteiger partial charge in [-0.05, 0) is 62.7 Å². The molecule has 1 heterocycles. The van der Waals surface area contributed by atoms with Crippen molar-refractivity contribution in [2.75, 3.05) is 19.8 Å². The molecule has 0 saturated carbocycles. The summed E-state index contributed by atoms with van der Waals surface area (Å²) >= 11 is 0. The van der Waals surface area contributed by atoms with E-state index in [1.807, 2.05) is 6.92 Å². The molecule has 0 aliphatic rings. The van der Waals surface area contributed by atoms with Gasteiger partial charge in [0, 0.05) is 32.9 Å². The van der Waals surface area contributed by atoms with Gasteiger partial charge in [-0.2, -0.15) is 0 Å². The number of aryl methyl sites for hydroxylation is 1. The zero-order valence-corrected chi connectivity index (χ0v) is 22.9. The van der Waals surface area contributed by atoms with Crippen molar-refractivity contribution in [3.63, 3.8) is 0 Å². The van der Waals surface area contributed by atoms with Crippen LogP contribution >= 0.6 is 0 Å². The van der Waals surface area contributed by atoms with E-state index in [1.165, 1.54) is 30.3 Å². The van der Waals surface area contributed by atoms with Gasteiger partial charge in [-0.25, -0.2) is 4.79 Å². The number of ether oxygens (including phenoxy) is 1. The summed E-state index contributed by atoms with van der Waals surface area (Å²) in [5, 5.41) is 19.3. The summed E-state index contributed by atoms with van der Waals surface area (Å²) in [5.74, 6) is 0.0740. The van der Waals surface area contributed by atoms with E-state index in [-0.39, 0.29) is 17.0 Å². The highest BCUT2D eigenvalue weighted by molar-refractivity contribution is 5.05. The number of aromatic nitrogens is 2. The molecule has 34 heavy (non-hydrogen) atoms. The first-order chi connectivity index (χ1) is 16.4. The van der Waals surface area contributed by atoms with Crippen molar-refractivity contribution in [2.45, 2.75) is 131 Å². The van der Waals surface area contributed by atoms with Crippen molar-refractivity contribution in [1.82, 2.24) is 9.13 Å². The molecular weight excluding hydrogens is 428 g/mol. The fourth-order valence-electron chi connectivity index (χ4n) is 5.43. The van der Waals surface area contributed by atoms with Gasteiger partial charge in [-0.15, -0.1) is 0 Å². The molecule has 0 aliphatic heterocycles. The van der Waals surface area contributed by atoms with Crippen LogP contribution in [0.5, 0.6) is 5.88 Å². The van der Waals surface area contributed by atoms with Crippen molar-refractivity contribution in [3.05, 3.63) is 16.7 Å². The molecule has 200 valence electrons. The van der Waals surface area contributed by atoms with E-state index in [9.17, 15) is 15.0 Å². The summed E-state index contributed by atoms with van der Waals surface area (Å²) in [7, 11) is 0.